The molecular weight excluding hydrogens is 305 g/mol. The quantitative estimate of drug-likeness (QED) is 0.880. The van der Waals surface area contributed by atoms with Gasteiger partial charge in [-0.05, 0) is 60.7 Å². The molecule has 0 fully saturated rings. The molecule has 1 aliphatic rings. The van der Waals surface area contributed by atoms with Crippen molar-refractivity contribution in [2.45, 2.75) is 25.3 Å². The average molecular weight is 324 g/mol. The Hall–Kier alpha value is -1.38. The first-order valence-electron chi connectivity index (χ1n) is 6.93. The normalized spacial score (nSPS) is 16.6. The lowest BCUT2D eigenvalue weighted by Gasteiger charge is -2.27. The fourth-order valence-corrected chi connectivity index (χ4v) is 2.99. The van der Waals surface area contributed by atoms with E-state index in [2.05, 4.69) is 17.4 Å². The Morgan fingerprint density at radius 1 is 1.14 bits per heavy atom. The number of hydrogen-bond acceptors (Lipinski definition) is 2. The molecule has 2 nitrogen and oxygen atoms in total. The summed E-state index contributed by atoms with van der Waals surface area (Å²) >= 11 is 5.91. The summed E-state index contributed by atoms with van der Waals surface area (Å²) < 4.78 is 5.44. The number of halogens is 2. The summed E-state index contributed by atoms with van der Waals surface area (Å²) in [6.45, 7) is 0. The Kier molecular flexibility index (Phi) is 5.38. The smallest absolute Gasteiger partial charge is 0.122 e. The molecule has 0 amide bonds. The van der Waals surface area contributed by atoms with E-state index in [4.69, 9.17) is 16.3 Å². The molecule has 2 aromatic carbocycles. The van der Waals surface area contributed by atoms with E-state index in [0.717, 1.165) is 35.7 Å². The maximum atomic E-state index is 5.91. The third-order valence-electron chi connectivity index (χ3n) is 3.87. The van der Waals surface area contributed by atoms with Gasteiger partial charge in [0.1, 0.15) is 5.75 Å². The first kappa shape index (κ1) is 16.0. The summed E-state index contributed by atoms with van der Waals surface area (Å²) in [6, 6.07) is 14.7. The Balaban J connectivity index is 0.00000161. The van der Waals surface area contributed by atoms with E-state index < -0.39 is 0 Å². The summed E-state index contributed by atoms with van der Waals surface area (Å²) in [5.74, 6) is 1.02. The van der Waals surface area contributed by atoms with Gasteiger partial charge in [0.25, 0.3) is 0 Å². The van der Waals surface area contributed by atoms with Crippen LogP contribution in [0.3, 0.4) is 0 Å². The molecular formula is C17H19Cl2NO. The monoisotopic (exact) mass is 323 g/mol. The van der Waals surface area contributed by atoms with Crippen LogP contribution in [0, 0.1) is 0 Å². The fourth-order valence-electron chi connectivity index (χ4n) is 2.87. The van der Waals surface area contributed by atoms with E-state index in [1.165, 1.54) is 11.1 Å². The Bertz CT molecular complexity index is 598. The number of ether oxygens (including phenoxy) is 1. The van der Waals surface area contributed by atoms with Crippen LogP contribution in [0.1, 0.15) is 17.5 Å². The highest BCUT2D eigenvalue weighted by Gasteiger charge is 2.20. The first-order valence-corrected chi connectivity index (χ1v) is 7.31. The lowest BCUT2D eigenvalue weighted by atomic mass is 9.87. The number of methoxy groups -OCH3 is 1. The number of benzene rings is 2. The molecule has 1 unspecified atom stereocenters. The van der Waals surface area contributed by atoms with Crippen LogP contribution in [0.25, 0.3) is 0 Å². The van der Waals surface area contributed by atoms with Gasteiger partial charge in [0, 0.05) is 16.8 Å². The molecule has 3 rings (SSSR count). The highest BCUT2D eigenvalue weighted by molar-refractivity contribution is 6.30. The lowest BCUT2D eigenvalue weighted by Crippen LogP contribution is -2.27. The second kappa shape index (κ2) is 7.06. The van der Waals surface area contributed by atoms with E-state index in [-0.39, 0.29) is 12.4 Å². The third kappa shape index (κ3) is 3.63. The fraction of sp³-hybridized carbons (Fsp3) is 0.294. The molecule has 1 N–H and O–H groups in total. The highest BCUT2D eigenvalue weighted by Crippen LogP contribution is 2.30. The standard InChI is InChI=1S/C17H18ClNO.ClH/c1-20-17-4-2-3-12-11-15(9-10-16(12)17)19-14-7-5-13(18)6-8-14;/h2-8,15,19H,9-11H2,1H3;1H. The van der Waals surface area contributed by atoms with Crippen LogP contribution in [-0.2, 0) is 12.8 Å². The zero-order valence-corrected chi connectivity index (χ0v) is 13.5. The van der Waals surface area contributed by atoms with Crippen molar-refractivity contribution in [3.05, 3.63) is 58.6 Å². The van der Waals surface area contributed by atoms with Crippen LogP contribution >= 0.6 is 24.0 Å². The molecule has 0 aliphatic heterocycles. The number of fused-ring (bicyclic) bond motifs is 1. The number of hydrogen-bond donors (Lipinski definition) is 1. The second-order valence-electron chi connectivity index (χ2n) is 5.19. The molecule has 2 aromatic rings. The minimum atomic E-state index is 0. The Morgan fingerprint density at radius 3 is 2.62 bits per heavy atom. The van der Waals surface area contributed by atoms with Crippen LogP contribution in [0.2, 0.25) is 5.02 Å². The summed E-state index contributed by atoms with van der Waals surface area (Å²) in [6.07, 6.45) is 3.22. The maximum absolute atomic E-state index is 5.91. The van der Waals surface area contributed by atoms with Gasteiger partial charge in [-0.1, -0.05) is 23.7 Å². The Morgan fingerprint density at radius 2 is 1.90 bits per heavy atom. The largest absolute Gasteiger partial charge is 0.496 e. The summed E-state index contributed by atoms with van der Waals surface area (Å²) in [7, 11) is 1.74. The molecule has 112 valence electrons. The van der Waals surface area contributed by atoms with Crippen molar-refractivity contribution in [2.75, 3.05) is 12.4 Å². The van der Waals surface area contributed by atoms with Crippen molar-refractivity contribution < 1.29 is 4.74 Å². The zero-order chi connectivity index (χ0) is 13.9. The van der Waals surface area contributed by atoms with Gasteiger partial charge in [0.15, 0.2) is 0 Å². The van der Waals surface area contributed by atoms with Crippen LogP contribution in [0.4, 0.5) is 5.69 Å². The van der Waals surface area contributed by atoms with Gasteiger partial charge in [-0.3, -0.25) is 0 Å². The van der Waals surface area contributed by atoms with Crippen molar-refractivity contribution in [2.24, 2.45) is 0 Å². The maximum Gasteiger partial charge on any atom is 0.122 e. The van der Waals surface area contributed by atoms with Crippen LogP contribution in [0.15, 0.2) is 42.5 Å². The Labute approximate surface area is 136 Å². The third-order valence-corrected chi connectivity index (χ3v) is 4.13. The van der Waals surface area contributed by atoms with E-state index in [0.29, 0.717) is 6.04 Å². The molecule has 1 atom stereocenters. The minimum Gasteiger partial charge on any atom is -0.496 e. The molecule has 0 radical (unpaired) electrons. The van der Waals surface area contributed by atoms with Gasteiger partial charge in [-0.2, -0.15) is 0 Å². The van der Waals surface area contributed by atoms with Crippen molar-refractivity contribution in [1.82, 2.24) is 0 Å². The van der Waals surface area contributed by atoms with Gasteiger partial charge in [0.2, 0.25) is 0 Å². The predicted octanol–water partition coefficient (Wildman–Crippen LogP) is 4.74. The molecule has 0 aromatic heterocycles. The highest BCUT2D eigenvalue weighted by atomic mass is 35.5. The van der Waals surface area contributed by atoms with Crippen molar-refractivity contribution in [3.63, 3.8) is 0 Å². The lowest BCUT2D eigenvalue weighted by molar-refractivity contribution is 0.405. The van der Waals surface area contributed by atoms with E-state index in [1.54, 1.807) is 7.11 Å². The number of nitrogens with one attached hydrogen (secondary N) is 1. The average Bonchev–Trinajstić information content (AvgIpc) is 2.49. The minimum absolute atomic E-state index is 0. The molecule has 0 saturated carbocycles. The van der Waals surface area contributed by atoms with Crippen molar-refractivity contribution in [1.29, 1.82) is 0 Å². The van der Waals surface area contributed by atoms with Gasteiger partial charge in [-0.15, -0.1) is 12.4 Å². The first-order chi connectivity index (χ1) is 9.76. The molecule has 1 aliphatic carbocycles. The topological polar surface area (TPSA) is 21.3 Å². The van der Waals surface area contributed by atoms with Crippen molar-refractivity contribution >= 4 is 29.7 Å². The summed E-state index contributed by atoms with van der Waals surface area (Å²) in [4.78, 5) is 0. The molecule has 0 bridgehead atoms. The van der Waals surface area contributed by atoms with Crippen molar-refractivity contribution in [3.8, 4) is 5.75 Å². The van der Waals surface area contributed by atoms with E-state index in [9.17, 15) is 0 Å². The molecule has 0 heterocycles. The molecule has 4 heteroatoms. The SMILES string of the molecule is COc1cccc2c1CCC(Nc1ccc(Cl)cc1)C2.Cl. The van der Waals surface area contributed by atoms with Gasteiger partial charge in [0.05, 0.1) is 7.11 Å². The molecule has 0 saturated heterocycles. The van der Waals surface area contributed by atoms with Gasteiger partial charge < -0.3 is 10.1 Å². The van der Waals surface area contributed by atoms with Crippen LogP contribution < -0.4 is 10.1 Å². The number of anilines is 1. The predicted molar refractivity (Wildman–Crippen MR) is 91.1 cm³/mol. The van der Waals surface area contributed by atoms with Crippen LogP contribution in [-0.4, -0.2) is 13.2 Å². The van der Waals surface area contributed by atoms with Crippen LogP contribution in [0.5, 0.6) is 5.75 Å². The zero-order valence-electron chi connectivity index (χ0n) is 11.9. The van der Waals surface area contributed by atoms with Gasteiger partial charge in [-0.25, -0.2) is 0 Å². The van der Waals surface area contributed by atoms with Gasteiger partial charge >= 0.3 is 0 Å². The second-order valence-corrected chi connectivity index (χ2v) is 5.63. The molecule has 0 spiro atoms. The number of rotatable bonds is 3. The molecule has 21 heavy (non-hydrogen) atoms. The van der Waals surface area contributed by atoms with E-state index >= 15 is 0 Å². The summed E-state index contributed by atoms with van der Waals surface area (Å²) in [5.41, 5.74) is 3.89. The van der Waals surface area contributed by atoms with E-state index in [1.807, 2.05) is 30.3 Å². The summed E-state index contributed by atoms with van der Waals surface area (Å²) in [5, 5.41) is 4.36.